The maximum atomic E-state index is 5.38. The van der Waals surface area contributed by atoms with E-state index in [-0.39, 0.29) is 0 Å². The van der Waals surface area contributed by atoms with E-state index < -0.39 is 8.80 Å². The zero-order valence-electron chi connectivity index (χ0n) is 6.55. The summed E-state index contributed by atoms with van der Waals surface area (Å²) >= 11 is 0. The van der Waals surface area contributed by atoms with Gasteiger partial charge in [-0.2, -0.15) is 0 Å². The highest BCUT2D eigenvalue weighted by Crippen LogP contribution is 1.99. The molecule has 0 aromatic heterocycles. The summed E-state index contributed by atoms with van der Waals surface area (Å²) in [6.45, 7) is 5.32. The second kappa shape index (κ2) is 4.96. The number of ether oxygens (including phenoxy) is 1. The lowest BCUT2D eigenvalue weighted by Crippen LogP contribution is -2.29. The van der Waals surface area contributed by atoms with Gasteiger partial charge >= 0.3 is 0 Å². The zero-order chi connectivity index (χ0) is 7.28. The van der Waals surface area contributed by atoms with Crippen LogP contribution in [0.2, 0.25) is 13.1 Å². The molecule has 0 aliphatic heterocycles. The van der Waals surface area contributed by atoms with Crippen LogP contribution in [-0.4, -0.2) is 28.2 Å². The van der Waals surface area contributed by atoms with Gasteiger partial charge in [-0.25, -0.2) is 0 Å². The van der Waals surface area contributed by atoms with Crippen LogP contribution < -0.4 is 5.73 Å². The molecular formula is C6H17NOSi. The van der Waals surface area contributed by atoms with E-state index in [2.05, 4.69) is 13.1 Å². The van der Waals surface area contributed by atoms with Gasteiger partial charge in [0.1, 0.15) is 0 Å². The third kappa shape index (κ3) is 3.67. The first-order valence-electron chi connectivity index (χ1n) is 3.45. The van der Waals surface area contributed by atoms with Crippen LogP contribution in [-0.2, 0) is 4.74 Å². The van der Waals surface area contributed by atoms with Crippen molar-refractivity contribution < 1.29 is 4.74 Å². The fraction of sp³-hybridized carbons (Fsp3) is 1.00. The maximum Gasteiger partial charge on any atom is 0.0656 e. The quantitative estimate of drug-likeness (QED) is 0.583. The van der Waals surface area contributed by atoms with E-state index in [4.69, 9.17) is 10.5 Å². The molecule has 0 rings (SSSR count). The molecule has 2 N–H and O–H groups in total. The predicted molar refractivity (Wildman–Crippen MR) is 43.3 cm³/mol. The van der Waals surface area contributed by atoms with E-state index in [0.717, 1.165) is 13.0 Å². The third-order valence-corrected chi connectivity index (χ3v) is 3.59. The number of hydrogen-bond acceptors (Lipinski definition) is 2. The lowest BCUT2D eigenvalue weighted by molar-refractivity contribution is 0.156. The summed E-state index contributed by atoms with van der Waals surface area (Å²) in [5, 5.41) is 0. The Labute approximate surface area is 59.0 Å². The smallest absolute Gasteiger partial charge is 0.0656 e. The highest BCUT2D eigenvalue weighted by atomic mass is 28.3. The van der Waals surface area contributed by atoms with E-state index >= 15 is 0 Å². The molecule has 0 amide bonds. The SMILES string of the molecule is COC(CCN)[SiH](C)C. The zero-order valence-corrected chi connectivity index (χ0v) is 7.71. The second-order valence-corrected chi connectivity index (χ2v) is 5.83. The van der Waals surface area contributed by atoms with Crippen molar-refractivity contribution in [3.05, 3.63) is 0 Å². The molecule has 0 fully saturated rings. The summed E-state index contributed by atoms with van der Waals surface area (Å²) in [6, 6.07) is 0. The minimum atomic E-state index is -0.605. The van der Waals surface area contributed by atoms with Crippen LogP contribution in [0.4, 0.5) is 0 Å². The van der Waals surface area contributed by atoms with E-state index in [9.17, 15) is 0 Å². The average Bonchev–Trinajstić information content (AvgIpc) is 1.82. The fourth-order valence-electron chi connectivity index (χ4n) is 0.888. The van der Waals surface area contributed by atoms with Crippen molar-refractivity contribution >= 4 is 8.80 Å². The minimum absolute atomic E-state index is 0.481. The molecule has 0 heterocycles. The summed E-state index contributed by atoms with van der Waals surface area (Å²) in [7, 11) is 1.17. The Morgan fingerprint density at radius 2 is 2.11 bits per heavy atom. The molecular weight excluding hydrogens is 130 g/mol. The van der Waals surface area contributed by atoms with Gasteiger partial charge in [-0.1, -0.05) is 13.1 Å². The Hall–Kier alpha value is 0.137. The van der Waals surface area contributed by atoms with Gasteiger partial charge in [0.2, 0.25) is 0 Å². The van der Waals surface area contributed by atoms with Gasteiger partial charge in [-0.15, -0.1) is 0 Å². The molecule has 0 radical (unpaired) electrons. The van der Waals surface area contributed by atoms with Crippen molar-refractivity contribution in [2.75, 3.05) is 13.7 Å². The van der Waals surface area contributed by atoms with Gasteiger partial charge in [0, 0.05) is 12.8 Å². The first kappa shape index (κ1) is 9.14. The van der Waals surface area contributed by atoms with Crippen LogP contribution in [0, 0.1) is 0 Å². The average molecular weight is 147 g/mol. The van der Waals surface area contributed by atoms with Crippen LogP contribution >= 0.6 is 0 Å². The summed E-state index contributed by atoms with van der Waals surface area (Å²) in [4.78, 5) is 0. The molecule has 1 unspecified atom stereocenters. The fourth-order valence-corrected chi connectivity index (χ4v) is 2.29. The van der Waals surface area contributed by atoms with Gasteiger partial charge in [0.25, 0.3) is 0 Å². The van der Waals surface area contributed by atoms with E-state index in [1.807, 2.05) is 0 Å². The molecule has 0 bridgehead atoms. The van der Waals surface area contributed by atoms with Gasteiger partial charge in [-0.3, -0.25) is 0 Å². The molecule has 9 heavy (non-hydrogen) atoms. The Morgan fingerprint density at radius 3 is 2.22 bits per heavy atom. The lowest BCUT2D eigenvalue weighted by Gasteiger charge is -2.16. The number of nitrogens with two attached hydrogens (primary N) is 1. The Morgan fingerprint density at radius 1 is 1.56 bits per heavy atom. The topological polar surface area (TPSA) is 35.2 Å². The van der Waals surface area contributed by atoms with Crippen molar-refractivity contribution in [3.63, 3.8) is 0 Å². The van der Waals surface area contributed by atoms with Crippen LogP contribution in [0.3, 0.4) is 0 Å². The summed E-state index contributed by atoms with van der Waals surface area (Å²) in [6.07, 6.45) is 1.03. The molecule has 3 heteroatoms. The van der Waals surface area contributed by atoms with Crippen LogP contribution in [0.5, 0.6) is 0 Å². The predicted octanol–water partition coefficient (Wildman–Crippen LogP) is 0.376. The molecule has 0 saturated carbocycles. The van der Waals surface area contributed by atoms with E-state index in [0.29, 0.717) is 5.73 Å². The second-order valence-electron chi connectivity index (χ2n) is 2.60. The summed E-state index contributed by atoms with van der Waals surface area (Å²) in [5.41, 5.74) is 5.87. The highest BCUT2D eigenvalue weighted by Gasteiger charge is 2.10. The maximum absolute atomic E-state index is 5.38. The molecule has 0 aliphatic rings. The van der Waals surface area contributed by atoms with Crippen LogP contribution in [0.15, 0.2) is 0 Å². The van der Waals surface area contributed by atoms with Crippen molar-refractivity contribution in [2.24, 2.45) is 5.73 Å². The first-order chi connectivity index (χ1) is 4.22. The third-order valence-electron chi connectivity index (χ3n) is 1.50. The molecule has 0 aromatic carbocycles. The molecule has 0 spiro atoms. The molecule has 0 aromatic rings. The van der Waals surface area contributed by atoms with Gasteiger partial charge < -0.3 is 10.5 Å². The van der Waals surface area contributed by atoms with Gasteiger partial charge in [0.15, 0.2) is 0 Å². The minimum Gasteiger partial charge on any atom is -0.385 e. The van der Waals surface area contributed by atoms with Gasteiger partial charge in [-0.05, 0) is 13.0 Å². The Kier molecular flexibility index (Phi) is 5.04. The van der Waals surface area contributed by atoms with E-state index in [1.54, 1.807) is 7.11 Å². The highest BCUT2D eigenvalue weighted by molar-refractivity contribution is 6.57. The standard InChI is InChI=1S/C6H17NOSi/c1-8-6(4-5-7)9(2)3/h6,9H,4-5,7H2,1-3H3. The molecule has 56 valence electrons. The Balaban J connectivity index is 3.41. The van der Waals surface area contributed by atoms with E-state index in [1.165, 1.54) is 0 Å². The van der Waals surface area contributed by atoms with Gasteiger partial charge in [0.05, 0.1) is 8.80 Å². The summed E-state index contributed by atoms with van der Waals surface area (Å²) < 4.78 is 5.23. The monoisotopic (exact) mass is 147 g/mol. The molecule has 0 saturated heterocycles. The van der Waals surface area contributed by atoms with Crippen LogP contribution in [0.1, 0.15) is 6.42 Å². The van der Waals surface area contributed by atoms with Crippen LogP contribution in [0.25, 0.3) is 0 Å². The molecule has 0 aliphatic carbocycles. The number of hydrogen-bond donors (Lipinski definition) is 1. The first-order valence-corrected chi connectivity index (χ1v) is 6.42. The van der Waals surface area contributed by atoms with Crippen molar-refractivity contribution in [1.82, 2.24) is 0 Å². The van der Waals surface area contributed by atoms with Crippen molar-refractivity contribution in [3.8, 4) is 0 Å². The normalized spacial score (nSPS) is 14.3. The number of rotatable bonds is 4. The lowest BCUT2D eigenvalue weighted by atomic mass is 10.5. The summed E-state index contributed by atoms with van der Waals surface area (Å²) in [5.74, 6) is 0. The van der Waals surface area contributed by atoms with Crippen molar-refractivity contribution in [1.29, 1.82) is 0 Å². The molecule has 2 nitrogen and oxygen atoms in total. The largest absolute Gasteiger partial charge is 0.385 e. The molecule has 1 atom stereocenters. The Bertz CT molecular complexity index is 68.1. The van der Waals surface area contributed by atoms with Crippen molar-refractivity contribution in [2.45, 2.75) is 25.2 Å². The number of methoxy groups -OCH3 is 1.